The minimum absolute atomic E-state index is 0.136. The van der Waals surface area contributed by atoms with E-state index in [1.54, 1.807) is 31.6 Å². The van der Waals surface area contributed by atoms with E-state index in [-0.39, 0.29) is 36.0 Å². The van der Waals surface area contributed by atoms with Crippen LogP contribution in [0.4, 0.5) is 5.69 Å². The Morgan fingerprint density at radius 2 is 1.73 bits per heavy atom. The van der Waals surface area contributed by atoms with Gasteiger partial charge in [-0.3, -0.25) is 15.1 Å². The van der Waals surface area contributed by atoms with E-state index >= 15 is 0 Å². The minimum Gasteiger partial charge on any atom is -0.381 e. The number of piperidine rings is 1. The Morgan fingerprint density at radius 1 is 1.00 bits per heavy atom. The standard InChI is InChI=1S/C27H31N5O4S/c1-36-20-27-19-31(37(34,35)24-7-6-21-4-2-3-5-22(21)16-24)17-25(33)32(27)18-26(29-27)10-14-30(15-11-26)23-8-12-28-13-9-23/h2-9,12-13,16,29H,10-11,14-15,17-20H2,1H3. The van der Waals surface area contributed by atoms with E-state index in [0.29, 0.717) is 6.54 Å². The van der Waals surface area contributed by atoms with E-state index < -0.39 is 15.7 Å². The van der Waals surface area contributed by atoms with Crippen LogP contribution in [0.5, 0.6) is 0 Å². The van der Waals surface area contributed by atoms with Gasteiger partial charge in [-0.25, -0.2) is 8.42 Å². The van der Waals surface area contributed by atoms with Crippen LogP contribution in [-0.4, -0.2) is 86.2 Å². The van der Waals surface area contributed by atoms with Gasteiger partial charge >= 0.3 is 0 Å². The van der Waals surface area contributed by atoms with E-state index in [4.69, 9.17) is 4.74 Å². The van der Waals surface area contributed by atoms with E-state index in [1.165, 1.54) is 4.31 Å². The van der Waals surface area contributed by atoms with Crippen molar-refractivity contribution >= 4 is 32.4 Å². The molecule has 0 bridgehead atoms. The smallest absolute Gasteiger partial charge is 0.243 e. The second-order valence-electron chi connectivity index (χ2n) is 10.3. The summed E-state index contributed by atoms with van der Waals surface area (Å²) in [5, 5.41) is 5.56. The lowest BCUT2D eigenvalue weighted by Crippen LogP contribution is -2.70. The molecule has 3 aromatic rings. The molecule has 1 unspecified atom stereocenters. The van der Waals surface area contributed by atoms with Crippen molar-refractivity contribution in [1.29, 1.82) is 0 Å². The molecule has 3 aliphatic heterocycles. The molecule has 0 aliphatic carbocycles. The molecule has 3 saturated heterocycles. The second kappa shape index (κ2) is 9.05. The maximum Gasteiger partial charge on any atom is 0.243 e. The first kappa shape index (κ1) is 24.3. The normalized spacial score (nSPS) is 24.1. The van der Waals surface area contributed by atoms with Crippen molar-refractivity contribution in [3.8, 4) is 0 Å². The number of pyridine rings is 1. The van der Waals surface area contributed by atoms with Crippen LogP contribution in [0.25, 0.3) is 10.8 Å². The Hall–Kier alpha value is -3.05. The number of benzene rings is 2. The number of carbonyl (C=O) groups is 1. The number of carbonyl (C=O) groups excluding carboxylic acids is 1. The number of fused-ring (bicyclic) bond motifs is 2. The number of rotatable bonds is 5. The fourth-order valence-corrected chi connectivity index (χ4v) is 7.64. The van der Waals surface area contributed by atoms with Crippen LogP contribution in [-0.2, 0) is 19.6 Å². The number of amides is 1. The minimum atomic E-state index is -3.89. The van der Waals surface area contributed by atoms with Gasteiger partial charge in [-0.15, -0.1) is 0 Å². The maximum absolute atomic E-state index is 13.8. The van der Waals surface area contributed by atoms with Crippen LogP contribution in [0.3, 0.4) is 0 Å². The average molecular weight is 522 g/mol. The maximum atomic E-state index is 13.8. The molecule has 1 atom stereocenters. The predicted octanol–water partition coefficient (Wildman–Crippen LogP) is 2.05. The quantitative estimate of drug-likeness (QED) is 0.549. The molecule has 3 fully saturated rings. The Bertz CT molecular complexity index is 1420. The molecular formula is C27H31N5O4S. The third-order valence-corrected chi connectivity index (χ3v) is 9.80. The number of ether oxygens (including phenoxy) is 1. The summed E-state index contributed by atoms with van der Waals surface area (Å²) in [6, 6.07) is 16.8. The molecule has 1 N–H and O–H groups in total. The van der Waals surface area contributed by atoms with Gasteiger partial charge in [-0.2, -0.15) is 4.31 Å². The number of methoxy groups -OCH3 is 1. The van der Waals surface area contributed by atoms with Crippen molar-refractivity contribution in [3.63, 3.8) is 0 Å². The SMILES string of the molecule is COCC12CN(S(=O)(=O)c3ccc4ccccc4c3)CC(=O)N1CC1(CCN(c3ccncc3)CC1)N2. The number of aromatic nitrogens is 1. The highest BCUT2D eigenvalue weighted by Gasteiger charge is 2.59. The molecule has 2 aromatic carbocycles. The van der Waals surface area contributed by atoms with Crippen molar-refractivity contribution in [3.05, 3.63) is 67.0 Å². The number of anilines is 1. The first-order valence-corrected chi connectivity index (χ1v) is 14.0. The number of sulfonamides is 1. The van der Waals surface area contributed by atoms with Crippen LogP contribution in [0.1, 0.15) is 12.8 Å². The molecule has 10 heteroatoms. The molecule has 1 spiro atoms. The molecule has 1 aromatic heterocycles. The van der Waals surface area contributed by atoms with Crippen molar-refractivity contribution < 1.29 is 17.9 Å². The van der Waals surface area contributed by atoms with E-state index in [1.807, 2.05) is 47.4 Å². The van der Waals surface area contributed by atoms with Crippen LogP contribution in [0.15, 0.2) is 71.9 Å². The highest BCUT2D eigenvalue weighted by Crippen LogP contribution is 2.39. The van der Waals surface area contributed by atoms with Crippen molar-refractivity contribution in [2.45, 2.75) is 28.9 Å². The summed E-state index contributed by atoms with van der Waals surface area (Å²) in [5.74, 6) is -0.200. The highest BCUT2D eigenvalue weighted by molar-refractivity contribution is 7.89. The van der Waals surface area contributed by atoms with Gasteiger partial charge in [0.1, 0.15) is 5.66 Å². The molecule has 194 valence electrons. The lowest BCUT2D eigenvalue weighted by Gasteiger charge is -2.45. The number of hydrogen-bond donors (Lipinski definition) is 1. The van der Waals surface area contributed by atoms with Crippen LogP contribution in [0.2, 0.25) is 0 Å². The molecular weight excluding hydrogens is 490 g/mol. The first-order valence-electron chi connectivity index (χ1n) is 12.6. The zero-order chi connectivity index (χ0) is 25.7. The summed E-state index contributed by atoms with van der Waals surface area (Å²) in [4.78, 5) is 21.9. The zero-order valence-corrected chi connectivity index (χ0v) is 21.7. The number of nitrogens with zero attached hydrogens (tertiary/aromatic N) is 4. The van der Waals surface area contributed by atoms with Crippen molar-refractivity contribution in [2.24, 2.45) is 0 Å². The van der Waals surface area contributed by atoms with E-state index in [0.717, 1.165) is 42.4 Å². The van der Waals surface area contributed by atoms with Gasteiger partial charge in [-0.1, -0.05) is 30.3 Å². The molecule has 6 rings (SSSR count). The summed E-state index contributed by atoms with van der Waals surface area (Å²) < 4.78 is 34.4. The third-order valence-electron chi connectivity index (χ3n) is 8.02. The monoisotopic (exact) mass is 521 g/mol. The third kappa shape index (κ3) is 4.17. The number of piperazine rings is 1. The lowest BCUT2D eigenvalue weighted by molar-refractivity contribution is -0.144. The Kier molecular flexibility index (Phi) is 5.95. The van der Waals surface area contributed by atoms with Gasteiger partial charge in [0.2, 0.25) is 15.9 Å². The van der Waals surface area contributed by atoms with Gasteiger partial charge in [0, 0.05) is 50.4 Å². The van der Waals surface area contributed by atoms with Gasteiger partial charge in [-0.05, 0) is 47.9 Å². The Morgan fingerprint density at radius 3 is 2.46 bits per heavy atom. The van der Waals surface area contributed by atoms with Crippen LogP contribution < -0.4 is 10.2 Å². The molecule has 37 heavy (non-hydrogen) atoms. The molecule has 4 heterocycles. The lowest BCUT2D eigenvalue weighted by atomic mass is 9.88. The average Bonchev–Trinajstić information content (AvgIpc) is 3.23. The topological polar surface area (TPSA) is 95.1 Å². The zero-order valence-electron chi connectivity index (χ0n) is 20.8. The Labute approximate surface area is 217 Å². The van der Waals surface area contributed by atoms with Crippen molar-refractivity contribution in [2.75, 3.05) is 51.3 Å². The Balaban J connectivity index is 1.27. The first-order chi connectivity index (χ1) is 17.8. The summed E-state index contributed by atoms with van der Waals surface area (Å²) in [5.41, 5.74) is -0.0660. The molecule has 0 saturated carbocycles. The molecule has 3 aliphatic rings. The van der Waals surface area contributed by atoms with Gasteiger partial charge in [0.15, 0.2) is 0 Å². The summed E-state index contributed by atoms with van der Waals surface area (Å²) >= 11 is 0. The highest BCUT2D eigenvalue weighted by atomic mass is 32.2. The summed E-state index contributed by atoms with van der Waals surface area (Å²) in [7, 11) is -2.30. The van der Waals surface area contributed by atoms with Crippen LogP contribution >= 0.6 is 0 Å². The van der Waals surface area contributed by atoms with Gasteiger partial charge in [0.05, 0.1) is 24.6 Å². The van der Waals surface area contributed by atoms with E-state index in [2.05, 4.69) is 15.2 Å². The number of nitrogens with one attached hydrogen (secondary N) is 1. The number of hydrogen-bond acceptors (Lipinski definition) is 7. The van der Waals surface area contributed by atoms with Gasteiger partial charge in [0.25, 0.3) is 0 Å². The fraction of sp³-hybridized carbons (Fsp3) is 0.407. The predicted molar refractivity (Wildman–Crippen MR) is 141 cm³/mol. The molecule has 0 radical (unpaired) electrons. The second-order valence-corrected chi connectivity index (χ2v) is 12.3. The summed E-state index contributed by atoms with van der Waals surface area (Å²) in [6.45, 7) is 2.38. The molecule has 1 amide bonds. The molecule has 9 nitrogen and oxygen atoms in total. The van der Waals surface area contributed by atoms with Crippen molar-refractivity contribution in [1.82, 2.24) is 19.5 Å². The summed E-state index contributed by atoms with van der Waals surface area (Å²) in [6.07, 6.45) is 5.26. The largest absolute Gasteiger partial charge is 0.381 e. The van der Waals surface area contributed by atoms with Gasteiger partial charge < -0.3 is 14.5 Å². The van der Waals surface area contributed by atoms with E-state index in [9.17, 15) is 13.2 Å². The van der Waals surface area contributed by atoms with Crippen LogP contribution in [0, 0.1) is 0 Å². The fourth-order valence-electron chi connectivity index (χ4n) is 6.17.